The van der Waals surface area contributed by atoms with Gasteiger partial charge < -0.3 is 10.3 Å². The van der Waals surface area contributed by atoms with Crippen LogP contribution in [0.5, 0.6) is 0 Å². The van der Waals surface area contributed by atoms with E-state index in [-0.39, 0.29) is 24.7 Å². The number of H-pyrrole nitrogens is 1. The Morgan fingerprint density at radius 1 is 1.26 bits per heavy atom. The SMILES string of the molecule is CCc1nc2ccc(CC(=O)NCc3ccccc3F)cc2[nH]1. The fourth-order valence-corrected chi connectivity index (χ4v) is 2.47. The van der Waals surface area contributed by atoms with Crippen LogP contribution in [-0.2, 0) is 24.2 Å². The van der Waals surface area contributed by atoms with E-state index in [1.165, 1.54) is 6.07 Å². The van der Waals surface area contributed by atoms with Gasteiger partial charge in [0.05, 0.1) is 17.5 Å². The number of imidazole rings is 1. The Balaban J connectivity index is 1.64. The quantitative estimate of drug-likeness (QED) is 0.760. The van der Waals surface area contributed by atoms with E-state index in [2.05, 4.69) is 15.3 Å². The van der Waals surface area contributed by atoms with Gasteiger partial charge in [0, 0.05) is 18.5 Å². The van der Waals surface area contributed by atoms with Gasteiger partial charge in [-0.15, -0.1) is 0 Å². The van der Waals surface area contributed by atoms with Crippen LogP contribution in [0.1, 0.15) is 23.9 Å². The molecule has 0 saturated carbocycles. The van der Waals surface area contributed by atoms with Gasteiger partial charge in [-0.2, -0.15) is 0 Å². The van der Waals surface area contributed by atoms with Gasteiger partial charge in [0.15, 0.2) is 0 Å². The van der Waals surface area contributed by atoms with Gasteiger partial charge >= 0.3 is 0 Å². The summed E-state index contributed by atoms with van der Waals surface area (Å²) in [4.78, 5) is 19.7. The predicted octanol–water partition coefficient (Wildman–Crippen LogP) is 3.12. The third-order valence-corrected chi connectivity index (χ3v) is 3.73. The number of nitrogens with zero attached hydrogens (tertiary/aromatic N) is 1. The van der Waals surface area contributed by atoms with Crippen molar-refractivity contribution >= 4 is 16.9 Å². The molecule has 3 aromatic rings. The molecule has 2 N–H and O–H groups in total. The minimum atomic E-state index is -0.307. The van der Waals surface area contributed by atoms with Crippen LogP contribution < -0.4 is 5.32 Å². The van der Waals surface area contributed by atoms with Crippen molar-refractivity contribution in [2.45, 2.75) is 26.3 Å². The van der Waals surface area contributed by atoms with Gasteiger partial charge in [0.25, 0.3) is 0 Å². The molecule has 5 heteroatoms. The maximum Gasteiger partial charge on any atom is 0.224 e. The molecule has 1 aromatic heterocycles. The number of hydrogen-bond acceptors (Lipinski definition) is 2. The van der Waals surface area contributed by atoms with Crippen molar-refractivity contribution in [3.8, 4) is 0 Å². The highest BCUT2D eigenvalue weighted by molar-refractivity contribution is 5.81. The fraction of sp³-hybridized carbons (Fsp3) is 0.222. The van der Waals surface area contributed by atoms with E-state index in [0.717, 1.165) is 28.8 Å². The third-order valence-electron chi connectivity index (χ3n) is 3.73. The molecule has 3 rings (SSSR count). The molecular formula is C18H18FN3O. The van der Waals surface area contributed by atoms with Gasteiger partial charge in [-0.25, -0.2) is 9.37 Å². The van der Waals surface area contributed by atoms with Crippen molar-refractivity contribution < 1.29 is 9.18 Å². The Morgan fingerprint density at radius 3 is 2.87 bits per heavy atom. The molecule has 0 aliphatic carbocycles. The van der Waals surface area contributed by atoms with Gasteiger partial charge in [-0.05, 0) is 23.8 Å². The lowest BCUT2D eigenvalue weighted by Gasteiger charge is -2.06. The Hall–Kier alpha value is -2.69. The Kier molecular flexibility index (Phi) is 4.37. The van der Waals surface area contributed by atoms with E-state index in [1.54, 1.807) is 18.2 Å². The lowest BCUT2D eigenvalue weighted by atomic mass is 10.1. The number of aromatic amines is 1. The lowest BCUT2D eigenvalue weighted by molar-refractivity contribution is -0.120. The molecule has 0 unspecified atom stereocenters. The first kappa shape index (κ1) is 15.2. The summed E-state index contributed by atoms with van der Waals surface area (Å²) < 4.78 is 13.5. The zero-order valence-corrected chi connectivity index (χ0v) is 12.9. The molecule has 0 aliphatic rings. The minimum Gasteiger partial charge on any atom is -0.352 e. The van der Waals surface area contributed by atoms with E-state index in [4.69, 9.17) is 0 Å². The fourth-order valence-electron chi connectivity index (χ4n) is 2.47. The van der Waals surface area contributed by atoms with Crippen LogP contribution in [0.4, 0.5) is 4.39 Å². The number of amides is 1. The number of halogens is 1. The van der Waals surface area contributed by atoms with Crippen LogP contribution >= 0.6 is 0 Å². The second-order valence-corrected chi connectivity index (χ2v) is 5.43. The molecule has 0 atom stereocenters. The predicted molar refractivity (Wildman–Crippen MR) is 87.4 cm³/mol. The number of aromatic nitrogens is 2. The van der Waals surface area contributed by atoms with Crippen LogP contribution in [-0.4, -0.2) is 15.9 Å². The van der Waals surface area contributed by atoms with Crippen molar-refractivity contribution in [1.29, 1.82) is 0 Å². The van der Waals surface area contributed by atoms with Crippen LogP contribution in [0.15, 0.2) is 42.5 Å². The maximum absolute atomic E-state index is 13.5. The summed E-state index contributed by atoms with van der Waals surface area (Å²) in [5.41, 5.74) is 3.21. The molecule has 23 heavy (non-hydrogen) atoms. The van der Waals surface area contributed by atoms with Crippen molar-refractivity contribution in [1.82, 2.24) is 15.3 Å². The maximum atomic E-state index is 13.5. The number of benzene rings is 2. The molecule has 4 nitrogen and oxygen atoms in total. The highest BCUT2D eigenvalue weighted by Crippen LogP contribution is 2.14. The first-order chi connectivity index (χ1) is 11.2. The molecular weight excluding hydrogens is 293 g/mol. The summed E-state index contributed by atoms with van der Waals surface area (Å²) in [7, 11) is 0. The lowest BCUT2D eigenvalue weighted by Crippen LogP contribution is -2.25. The summed E-state index contributed by atoms with van der Waals surface area (Å²) in [5.74, 6) is 0.489. The number of carbonyl (C=O) groups excluding carboxylic acids is 1. The van der Waals surface area contributed by atoms with Gasteiger partial charge in [-0.1, -0.05) is 31.2 Å². The molecule has 0 bridgehead atoms. The first-order valence-electron chi connectivity index (χ1n) is 7.63. The Bertz CT molecular complexity index is 841. The van der Waals surface area contributed by atoms with E-state index in [9.17, 15) is 9.18 Å². The largest absolute Gasteiger partial charge is 0.352 e. The van der Waals surface area contributed by atoms with Crippen molar-refractivity contribution in [2.24, 2.45) is 0 Å². The van der Waals surface area contributed by atoms with Crippen molar-refractivity contribution in [3.05, 3.63) is 65.2 Å². The number of carbonyl (C=O) groups is 1. The van der Waals surface area contributed by atoms with E-state index in [0.29, 0.717) is 5.56 Å². The number of nitrogens with one attached hydrogen (secondary N) is 2. The number of hydrogen-bond donors (Lipinski definition) is 2. The van der Waals surface area contributed by atoms with Gasteiger partial charge in [0.2, 0.25) is 5.91 Å². The molecule has 0 spiro atoms. The van der Waals surface area contributed by atoms with Crippen molar-refractivity contribution in [2.75, 3.05) is 0 Å². The summed E-state index contributed by atoms with van der Waals surface area (Å²) in [6.45, 7) is 2.23. The second-order valence-electron chi connectivity index (χ2n) is 5.43. The molecule has 0 fully saturated rings. The zero-order valence-electron chi connectivity index (χ0n) is 12.9. The van der Waals surface area contributed by atoms with Gasteiger partial charge in [0.1, 0.15) is 11.6 Å². The van der Waals surface area contributed by atoms with Crippen LogP contribution in [0, 0.1) is 5.82 Å². The third kappa shape index (κ3) is 3.56. The molecule has 118 valence electrons. The minimum absolute atomic E-state index is 0.136. The Morgan fingerprint density at radius 2 is 2.09 bits per heavy atom. The topological polar surface area (TPSA) is 57.8 Å². The zero-order chi connectivity index (χ0) is 16.2. The van der Waals surface area contributed by atoms with Crippen LogP contribution in [0.25, 0.3) is 11.0 Å². The van der Waals surface area contributed by atoms with Gasteiger partial charge in [-0.3, -0.25) is 4.79 Å². The van der Waals surface area contributed by atoms with Crippen LogP contribution in [0.2, 0.25) is 0 Å². The molecule has 1 amide bonds. The van der Waals surface area contributed by atoms with E-state index < -0.39 is 0 Å². The highest BCUT2D eigenvalue weighted by Gasteiger charge is 2.08. The summed E-state index contributed by atoms with van der Waals surface area (Å²) in [6.07, 6.45) is 1.10. The van der Waals surface area contributed by atoms with Crippen molar-refractivity contribution in [3.63, 3.8) is 0 Å². The van der Waals surface area contributed by atoms with E-state index in [1.807, 2.05) is 25.1 Å². The average molecular weight is 311 g/mol. The monoisotopic (exact) mass is 311 g/mol. The molecule has 2 aromatic carbocycles. The summed E-state index contributed by atoms with van der Waals surface area (Å²) in [6, 6.07) is 12.2. The Labute approximate surface area is 133 Å². The number of fused-ring (bicyclic) bond motifs is 1. The molecule has 1 heterocycles. The average Bonchev–Trinajstić information content (AvgIpc) is 2.96. The molecule has 0 aliphatic heterocycles. The highest BCUT2D eigenvalue weighted by atomic mass is 19.1. The summed E-state index contributed by atoms with van der Waals surface area (Å²) >= 11 is 0. The normalized spacial score (nSPS) is 10.9. The molecule has 0 saturated heterocycles. The number of rotatable bonds is 5. The number of aryl methyl sites for hydroxylation is 1. The first-order valence-corrected chi connectivity index (χ1v) is 7.63. The smallest absolute Gasteiger partial charge is 0.224 e. The van der Waals surface area contributed by atoms with E-state index >= 15 is 0 Å². The second kappa shape index (κ2) is 6.60. The summed E-state index contributed by atoms with van der Waals surface area (Å²) in [5, 5.41) is 2.75. The standard InChI is InChI=1S/C18H18FN3O/c1-2-17-21-15-8-7-12(9-16(15)22-17)10-18(23)20-11-13-5-3-4-6-14(13)19/h3-9H,2,10-11H2,1H3,(H,20,23)(H,21,22). The van der Waals surface area contributed by atoms with Crippen LogP contribution in [0.3, 0.4) is 0 Å². The molecule has 0 radical (unpaired) electrons.